The lowest BCUT2D eigenvalue weighted by Gasteiger charge is -2.20. The first-order chi connectivity index (χ1) is 19.6. The van der Waals surface area contributed by atoms with Crippen LogP contribution in [0.25, 0.3) is 22.0 Å². The van der Waals surface area contributed by atoms with Crippen molar-refractivity contribution in [2.24, 2.45) is 0 Å². The molecular weight excluding hydrogens is 533 g/mol. The van der Waals surface area contributed by atoms with Gasteiger partial charge in [-0.2, -0.15) is 13.2 Å². The molecule has 5 aromatic rings. The molecule has 2 N–H and O–H groups in total. The highest BCUT2D eigenvalue weighted by molar-refractivity contribution is 6.08. The Hall–Kier alpha value is -4.99. The summed E-state index contributed by atoms with van der Waals surface area (Å²) in [5.74, 6) is -1.34. The molecule has 0 atom stereocenters. The second-order valence-electron chi connectivity index (χ2n) is 10.1. The number of carboxylic acid groups (broad SMARTS) is 1. The molecule has 1 fully saturated rings. The molecule has 0 spiro atoms. The third-order valence-electron chi connectivity index (χ3n) is 7.42. The minimum absolute atomic E-state index is 0.163. The number of amides is 1. The number of carboxylic acids is 1. The zero-order valence-electron chi connectivity index (χ0n) is 21.5. The number of fused-ring (bicyclic) bond motifs is 1. The average molecular weight is 557 g/mol. The van der Waals surface area contributed by atoms with Crippen LogP contribution in [-0.2, 0) is 18.3 Å². The monoisotopic (exact) mass is 556 g/mol. The highest BCUT2D eigenvalue weighted by Crippen LogP contribution is 2.46. The molecule has 41 heavy (non-hydrogen) atoms. The second kappa shape index (κ2) is 9.88. The molecule has 1 aliphatic rings. The Labute approximate surface area is 232 Å². The van der Waals surface area contributed by atoms with Crippen LogP contribution in [0.4, 0.5) is 13.2 Å². The molecule has 1 amide bonds. The summed E-state index contributed by atoms with van der Waals surface area (Å²) in [4.78, 5) is 33.4. The van der Waals surface area contributed by atoms with E-state index < -0.39 is 23.2 Å². The van der Waals surface area contributed by atoms with Gasteiger partial charge in [0, 0.05) is 36.1 Å². The standard InChI is InChI=1S/C31H23F3N4O3/c32-31(33,34)25-5-1-19(2-6-25)17-38-12-9-21-13-22(23-15-35-18-36-16-23)14-26(27(21)38)28(39)37-30(10-11-30)24-7-3-20(4-8-24)29(40)41/h1-9,12-16,18H,10-11,17H2,(H,37,39)(H,40,41). The van der Waals surface area contributed by atoms with Crippen LogP contribution in [0.1, 0.15) is 50.2 Å². The zero-order chi connectivity index (χ0) is 28.8. The van der Waals surface area contributed by atoms with Gasteiger partial charge in [-0.3, -0.25) is 4.79 Å². The van der Waals surface area contributed by atoms with Gasteiger partial charge in [-0.25, -0.2) is 14.8 Å². The number of rotatable bonds is 7. The van der Waals surface area contributed by atoms with Crippen LogP contribution >= 0.6 is 0 Å². The van der Waals surface area contributed by atoms with E-state index in [4.69, 9.17) is 0 Å². The maximum Gasteiger partial charge on any atom is 0.416 e. The molecule has 10 heteroatoms. The van der Waals surface area contributed by atoms with Gasteiger partial charge in [0.2, 0.25) is 0 Å². The highest BCUT2D eigenvalue weighted by atomic mass is 19.4. The second-order valence-corrected chi connectivity index (χ2v) is 10.1. The minimum Gasteiger partial charge on any atom is -0.478 e. The normalized spacial score (nSPS) is 14.1. The Morgan fingerprint density at radius 1 is 0.927 bits per heavy atom. The zero-order valence-corrected chi connectivity index (χ0v) is 21.5. The van der Waals surface area contributed by atoms with Gasteiger partial charge in [0.1, 0.15) is 6.33 Å². The lowest BCUT2D eigenvalue weighted by molar-refractivity contribution is -0.137. The van der Waals surface area contributed by atoms with E-state index in [1.165, 1.54) is 30.6 Å². The fourth-order valence-electron chi connectivity index (χ4n) is 5.09. The summed E-state index contributed by atoms with van der Waals surface area (Å²) in [6.07, 6.45) is 3.52. The number of benzene rings is 3. The van der Waals surface area contributed by atoms with Crippen LogP contribution < -0.4 is 5.32 Å². The molecule has 2 aromatic heterocycles. The number of alkyl halides is 3. The third-order valence-corrected chi connectivity index (χ3v) is 7.42. The summed E-state index contributed by atoms with van der Waals surface area (Å²) in [5.41, 5.74) is 2.80. The van der Waals surface area contributed by atoms with Crippen molar-refractivity contribution >= 4 is 22.8 Å². The molecule has 7 nitrogen and oxygen atoms in total. The molecule has 0 saturated heterocycles. The van der Waals surface area contributed by atoms with Gasteiger partial charge in [0.25, 0.3) is 5.91 Å². The molecule has 0 bridgehead atoms. The van der Waals surface area contributed by atoms with Crippen LogP contribution in [0.15, 0.2) is 91.6 Å². The Morgan fingerprint density at radius 2 is 1.61 bits per heavy atom. The SMILES string of the molecule is O=C(O)c1ccc(C2(NC(=O)c3cc(-c4cncnc4)cc4ccn(Cc5ccc(C(F)(F)F)cc5)c34)CC2)cc1. The fraction of sp³-hybridized carbons (Fsp3) is 0.161. The molecule has 0 unspecified atom stereocenters. The number of hydrogen-bond donors (Lipinski definition) is 2. The molecule has 2 heterocycles. The average Bonchev–Trinajstić information content (AvgIpc) is 3.64. The first-order valence-electron chi connectivity index (χ1n) is 12.8. The number of aromatic nitrogens is 3. The van der Waals surface area contributed by atoms with Crippen LogP contribution in [0, 0.1) is 0 Å². The lowest BCUT2D eigenvalue weighted by atomic mass is 9.99. The quantitative estimate of drug-likeness (QED) is 0.246. The summed E-state index contributed by atoms with van der Waals surface area (Å²) in [6.45, 7) is 0.261. The number of hydrogen-bond acceptors (Lipinski definition) is 4. The van der Waals surface area contributed by atoms with E-state index in [2.05, 4.69) is 15.3 Å². The van der Waals surface area contributed by atoms with Crippen LogP contribution in [0.3, 0.4) is 0 Å². The lowest BCUT2D eigenvalue weighted by Crippen LogP contribution is -2.35. The van der Waals surface area contributed by atoms with Crippen LogP contribution in [0.5, 0.6) is 0 Å². The third kappa shape index (κ3) is 5.16. The summed E-state index contributed by atoms with van der Waals surface area (Å²) in [6, 6.07) is 17.0. The molecule has 0 aliphatic heterocycles. The molecule has 3 aromatic carbocycles. The molecule has 1 saturated carbocycles. The summed E-state index contributed by atoms with van der Waals surface area (Å²) >= 11 is 0. The van der Waals surface area contributed by atoms with E-state index >= 15 is 0 Å². The number of carbonyl (C=O) groups is 2. The maximum atomic E-state index is 13.9. The van der Waals surface area contributed by atoms with E-state index in [0.29, 0.717) is 29.5 Å². The molecule has 6 rings (SSSR count). The van der Waals surface area contributed by atoms with Crippen molar-refractivity contribution < 1.29 is 27.9 Å². The van der Waals surface area contributed by atoms with Crippen LogP contribution in [0.2, 0.25) is 0 Å². The Bertz CT molecular complexity index is 1760. The number of halogens is 3. The van der Waals surface area contributed by atoms with Gasteiger partial charge in [-0.1, -0.05) is 24.3 Å². The van der Waals surface area contributed by atoms with Gasteiger partial charge in [0.15, 0.2) is 0 Å². The van der Waals surface area contributed by atoms with Gasteiger partial charge in [-0.05, 0) is 72.0 Å². The van der Waals surface area contributed by atoms with Crippen molar-refractivity contribution in [3.63, 3.8) is 0 Å². The Kier molecular flexibility index (Phi) is 6.33. The summed E-state index contributed by atoms with van der Waals surface area (Å²) in [7, 11) is 0. The smallest absolute Gasteiger partial charge is 0.416 e. The summed E-state index contributed by atoms with van der Waals surface area (Å²) in [5, 5.41) is 13.2. The van der Waals surface area contributed by atoms with Crippen LogP contribution in [-0.4, -0.2) is 31.5 Å². The van der Waals surface area contributed by atoms with Crippen molar-refractivity contribution in [1.82, 2.24) is 19.9 Å². The first-order valence-corrected chi connectivity index (χ1v) is 12.8. The van der Waals surface area contributed by atoms with Gasteiger partial charge < -0.3 is 15.0 Å². The Balaban J connectivity index is 1.38. The van der Waals surface area contributed by atoms with Crippen molar-refractivity contribution in [3.8, 4) is 11.1 Å². The van der Waals surface area contributed by atoms with E-state index in [1.54, 1.807) is 30.6 Å². The van der Waals surface area contributed by atoms with Crippen molar-refractivity contribution in [2.45, 2.75) is 31.1 Å². The van der Waals surface area contributed by atoms with Crippen molar-refractivity contribution in [3.05, 3.63) is 119 Å². The Morgan fingerprint density at radius 3 is 2.22 bits per heavy atom. The van der Waals surface area contributed by atoms with Gasteiger partial charge in [0.05, 0.1) is 27.7 Å². The predicted molar refractivity (Wildman–Crippen MR) is 145 cm³/mol. The highest BCUT2D eigenvalue weighted by Gasteiger charge is 2.46. The largest absolute Gasteiger partial charge is 0.478 e. The number of aromatic carboxylic acids is 1. The number of nitrogens with zero attached hydrogens (tertiary/aromatic N) is 3. The number of carbonyl (C=O) groups excluding carboxylic acids is 1. The van der Waals surface area contributed by atoms with Crippen molar-refractivity contribution in [1.29, 1.82) is 0 Å². The van der Waals surface area contributed by atoms with E-state index in [9.17, 15) is 27.9 Å². The van der Waals surface area contributed by atoms with E-state index in [0.717, 1.165) is 34.2 Å². The van der Waals surface area contributed by atoms with Crippen molar-refractivity contribution in [2.75, 3.05) is 0 Å². The topological polar surface area (TPSA) is 97.1 Å². The van der Waals surface area contributed by atoms with E-state index in [-0.39, 0.29) is 18.0 Å². The first kappa shape index (κ1) is 26.2. The van der Waals surface area contributed by atoms with E-state index in [1.807, 2.05) is 22.9 Å². The maximum absolute atomic E-state index is 13.9. The minimum atomic E-state index is -4.42. The molecule has 0 radical (unpaired) electrons. The number of nitrogens with one attached hydrogen (secondary N) is 1. The molecular formula is C31H23F3N4O3. The fourth-order valence-corrected chi connectivity index (χ4v) is 5.09. The van der Waals surface area contributed by atoms with Gasteiger partial charge >= 0.3 is 12.1 Å². The predicted octanol–water partition coefficient (Wildman–Crippen LogP) is 6.28. The molecule has 1 aliphatic carbocycles. The molecule has 206 valence electrons. The van der Waals surface area contributed by atoms with Gasteiger partial charge in [-0.15, -0.1) is 0 Å². The summed E-state index contributed by atoms with van der Waals surface area (Å²) < 4.78 is 41.0.